The predicted octanol–water partition coefficient (Wildman–Crippen LogP) is 4.24. The lowest BCUT2D eigenvalue weighted by Gasteiger charge is -2.56. The molecule has 154 valence electrons. The molecule has 5 heteroatoms. The number of fused-ring (bicyclic) bond motifs is 2. The first-order chi connectivity index (χ1) is 12.8. The van der Waals surface area contributed by atoms with E-state index >= 15 is 0 Å². The number of piperidine rings is 1. The third kappa shape index (κ3) is 3.62. The summed E-state index contributed by atoms with van der Waals surface area (Å²) >= 11 is 0. The molecule has 1 unspecified atom stereocenters. The maximum absolute atomic E-state index is 12.7. The van der Waals surface area contributed by atoms with Crippen LogP contribution in [-0.4, -0.2) is 53.5 Å². The van der Waals surface area contributed by atoms with Gasteiger partial charge in [-0.1, -0.05) is 12.8 Å². The van der Waals surface area contributed by atoms with Crippen molar-refractivity contribution in [2.24, 2.45) is 5.41 Å². The van der Waals surface area contributed by atoms with E-state index in [-0.39, 0.29) is 6.09 Å². The summed E-state index contributed by atoms with van der Waals surface area (Å²) in [7, 11) is 0. The highest BCUT2D eigenvalue weighted by atomic mass is 16.6. The Morgan fingerprint density at radius 3 is 2.30 bits per heavy atom. The van der Waals surface area contributed by atoms with Crippen molar-refractivity contribution in [3.8, 4) is 0 Å². The van der Waals surface area contributed by atoms with Crippen molar-refractivity contribution >= 4 is 6.09 Å². The van der Waals surface area contributed by atoms with Gasteiger partial charge in [-0.15, -0.1) is 0 Å². The molecule has 0 aromatic carbocycles. The van der Waals surface area contributed by atoms with Crippen LogP contribution in [0.3, 0.4) is 0 Å². The van der Waals surface area contributed by atoms with Gasteiger partial charge in [0, 0.05) is 36.2 Å². The number of hydrogen-bond donors (Lipinski definition) is 1. The number of rotatable bonds is 4. The van der Waals surface area contributed by atoms with Crippen LogP contribution >= 0.6 is 0 Å². The summed E-state index contributed by atoms with van der Waals surface area (Å²) in [4.78, 5) is 14.7. The lowest BCUT2D eigenvalue weighted by Crippen LogP contribution is -2.65. The maximum Gasteiger partial charge on any atom is 0.410 e. The number of nitrogens with one attached hydrogen (secondary N) is 1. The van der Waals surface area contributed by atoms with Crippen molar-refractivity contribution in [3.63, 3.8) is 0 Å². The zero-order chi connectivity index (χ0) is 19.2. The highest BCUT2D eigenvalue weighted by Gasteiger charge is 2.57. The fourth-order valence-corrected chi connectivity index (χ4v) is 6.33. The van der Waals surface area contributed by atoms with Crippen molar-refractivity contribution in [2.45, 2.75) is 121 Å². The fourth-order valence-electron chi connectivity index (χ4n) is 6.33. The van der Waals surface area contributed by atoms with Gasteiger partial charge in [-0.05, 0) is 72.6 Å². The van der Waals surface area contributed by atoms with Crippen LogP contribution < -0.4 is 5.32 Å². The van der Waals surface area contributed by atoms with Gasteiger partial charge in [0.25, 0.3) is 0 Å². The molecule has 0 aromatic rings. The summed E-state index contributed by atoms with van der Waals surface area (Å²) in [6.07, 6.45) is 11.2. The number of hydrogen-bond acceptors (Lipinski definition) is 4. The number of ether oxygens (including phenoxy) is 2. The smallest absolute Gasteiger partial charge is 0.410 e. The first-order valence-electron chi connectivity index (χ1n) is 11.2. The molecule has 5 nitrogen and oxygen atoms in total. The quantitative estimate of drug-likeness (QED) is 0.795. The molecule has 1 amide bonds. The number of nitrogens with zero attached hydrogens (tertiary/aromatic N) is 1. The fraction of sp³-hybridized carbons (Fsp3) is 0.955. The normalized spacial score (nSPS) is 37.5. The number of carbonyl (C=O) groups excluding carboxylic acids is 1. The minimum absolute atomic E-state index is 0.110. The standard InChI is InChI=1S/C22H38N2O3/c1-5-26-19-14-18(22(19)10-6-7-11-22)23-15-12-16-8-9-17(13-15)24(16)20(25)27-21(2,3)4/h15-19,23H,5-14H2,1-4H3/t15?,16-,17+,18-,19-/m0/s1. The number of amides is 1. The predicted molar refractivity (Wildman–Crippen MR) is 106 cm³/mol. The van der Waals surface area contributed by atoms with Crippen molar-refractivity contribution in [2.75, 3.05) is 6.61 Å². The van der Waals surface area contributed by atoms with E-state index in [0.29, 0.717) is 35.7 Å². The third-order valence-electron chi connectivity index (χ3n) is 7.46. The molecule has 2 aliphatic heterocycles. The van der Waals surface area contributed by atoms with Crippen LogP contribution in [-0.2, 0) is 9.47 Å². The van der Waals surface area contributed by atoms with E-state index in [0.717, 1.165) is 38.7 Å². The highest BCUT2D eigenvalue weighted by molar-refractivity contribution is 5.69. The molecule has 4 fully saturated rings. The van der Waals surface area contributed by atoms with Crippen LogP contribution in [0.15, 0.2) is 0 Å². The summed E-state index contributed by atoms with van der Waals surface area (Å²) in [6, 6.07) is 1.83. The largest absolute Gasteiger partial charge is 0.444 e. The topological polar surface area (TPSA) is 50.8 Å². The molecule has 1 spiro atoms. The molecule has 27 heavy (non-hydrogen) atoms. The van der Waals surface area contributed by atoms with Gasteiger partial charge >= 0.3 is 6.09 Å². The lowest BCUT2D eigenvalue weighted by molar-refractivity contribution is -0.134. The van der Waals surface area contributed by atoms with Crippen LogP contribution in [0.1, 0.15) is 85.5 Å². The molecule has 2 aliphatic carbocycles. The highest BCUT2D eigenvalue weighted by Crippen LogP contribution is 2.55. The van der Waals surface area contributed by atoms with Gasteiger partial charge in [0.15, 0.2) is 0 Å². The van der Waals surface area contributed by atoms with Gasteiger partial charge < -0.3 is 19.7 Å². The first-order valence-corrected chi connectivity index (χ1v) is 11.2. The average molecular weight is 379 g/mol. The molecule has 4 rings (SSSR count). The van der Waals surface area contributed by atoms with E-state index in [1.54, 1.807) is 0 Å². The van der Waals surface area contributed by atoms with Crippen molar-refractivity contribution in [3.05, 3.63) is 0 Å². The molecule has 1 N–H and O–H groups in total. The van der Waals surface area contributed by atoms with Crippen LogP contribution in [0.2, 0.25) is 0 Å². The second kappa shape index (κ2) is 7.22. The van der Waals surface area contributed by atoms with Gasteiger partial charge in [0.05, 0.1) is 6.10 Å². The molecule has 4 aliphatic rings. The van der Waals surface area contributed by atoms with Crippen molar-refractivity contribution in [1.82, 2.24) is 10.2 Å². The molecule has 0 aromatic heterocycles. The van der Waals surface area contributed by atoms with Crippen LogP contribution in [0.25, 0.3) is 0 Å². The van der Waals surface area contributed by atoms with Gasteiger partial charge in [-0.2, -0.15) is 0 Å². The minimum Gasteiger partial charge on any atom is -0.444 e. The molecule has 2 bridgehead atoms. The van der Waals surface area contributed by atoms with Crippen LogP contribution in [0.5, 0.6) is 0 Å². The Kier molecular flexibility index (Phi) is 5.21. The second-order valence-corrected chi connectivity index (χ2v) is 10.3. The van der Waals surface area contributed by atoms with Gasteiger partial charge in [-0.25, -0.2) is 4.79 Å². The summed E-state index contributed by atoms with van der Waals surface area (Å²) < 4.78 is 11.7. The van der Waals surface area contributed by atoms with E-state index in [1.165, 1.54) is 25.7 Å². The first kappa shape index (κ1) is 19.5. The molecular weight excluding hydrogens is 340 g/mol. The van der Waals surface area contributed by atoms with Crippen molar-refractivity contribution < 1.29 is 14.3 Å². The zero-order valence-corrected chi connectivity index (χ0v) is 17.6. The second-order valence-electron chi connectivity index (χ2n) is 10.3. The summed E-state index contributed by atoms with van der Waals surface area (Å²) in [5.41, 5.74) is -0.0297. The Hall–Kier alpha value is -0.810. The molecule has 2 saturated heterocycles. The van der Waals surface area contributed by atoms with Gasteiger partial charge in [0.1, 0.15) is 5.60 Å². The van der Waals surface area contributed by atoms with E-state index < -0.39 is 5.60 Å². The molecule has 0 radical (unpaired) electrons. The Morgan fingerprint density at radius 2 is 1.74 bits per heavy atom. The summed E-state index contributed by atoms with van der Waals surface area (Å²) in [6.45, 7) is 8.81. The lowest BCUT2D eigenvalue weighted by atomic mass is 9.60. The minimum atomic E-state index is -0.416. The summed E-state index contributed by atoms with van der Waals surface area (Å²) in [5, 5.41) is 4.03. The van der Waals surface area contributed by atoms with Crippen molar-refractivity contribution in [1.29, 1.82) is 0 Å². The van der Waals surface area contributed by atoms with E-state index in [9.17, 15) is 4.79 Å². The van der Waals surface area contributed by atoms with Gasteiger partial charge in [-0.3, -0.25) is 0 Å². The Labute approximate surface area is 164 Å². The molecule has 2 saturated carbocycles. The Bertz CT molecular complexity index is 538. The zero-order valence-electron chi connectivity index (χ0n) is 17.6. The Morgan fingerprint density at radius 1 is 1.11 bits per heavy atom. The van der Waals surface area contributed by atoms with E-state index in [4.69, 9.17) is 9.47 Å². The SMILES string of the molecule is CCO[C@H]1C[C@H](NC2C[C@H]3CC[C@@H](C2)N3C(=O)OC(C)(C)C)C12CCCC2. The van der Waals surface area contributed by atoms with E-state index in [2.05, 4.69) is 17.1 Å². The number of carbonyl (C=O) groups is 1. The van der Waals surface area contributed by atoms with E-state index in [1.807, 2.05) is 20.8 Å². The third-order valence-corrected chi connectivity index (χ3v) is 7.46. The average Bonchev–Trinajstić information content (AvgIpc) is 3.18. The monoisotopic (exact) mass is 378 g/mol. The Balaban J connectivity index is 1.36. The van der Waals surface area contributed by atoms with Crippen LogP contribution in [0, 0.1) is 5.41 Å². The molecular formula is C22H38N2O3. The maximum atomic E-state index is 12.7. The molecule has 5 atom stereocenters. The van der Waals surface area contributed by atoms with Crippen LogP contribution in [0.4, 0.5) is 4.79 Å². The molecule has 2 heterocycles. The van der Waals surface area contributed by atoms with Gasteiger partial charge in [0.2, 0.25) is 0 Å². The summed E-state index contributed by atoms with van der Waals surface area (Å²) in [5.74, 6) is 0.